The lowest BCUT2D eigenvalue weighted by Gasteiger charge is -2.02. The molecule has 0 bridgehead atoms. The molecule has 0 saturated carbocycles. The number of H-pyrrole nitrogens is 1. The summed E-state index contributed by atoms with van der Waals surface area (Å²) >= 11 is 1.58. The summed E-state index contributed by atoms with van der Waals surface area (Å²) in [6.45, 7) is 9.47. The Morgan fingerprint density at radius 1 is 1.42 bits per heavy atom. The van der Waals surface area contributed by atoms with Crippen molar-refractivity contribution in [3.63, 3.8) is 0 Å². The molecule has 102 valence electrons. The molecule has 0 aromatic carbocycles. The number of hydrogen-bond acceptors (Lipinski definition) is 4. The van der Waals surface area contributed by atoms with Gasteiger partial charge in [0.15, 0.2) is 0 Å². The minimum Gasteiger partial charge on any atom is -0.309 e. The Labute approximate surface area is 116 Å². The molecule has 0 aliphatic carbocycles. The van der Waals surface area contributed by atoms with Crippen LogP contribution in [0.25, 0.3) is 10.2 Å². The average molecular weight is 277 g/mol. The van der Waals surface area contributed by atoms with Crippen molar-refractivity contribution in [1.82, 2.24) is 15.3 Å². The van der Waals surface area contributed by atoms with E-state index in [1.54, 1.807) is 11.3 Å². The van der Waals surface area contributed by atoms with Gasteiger partial charge >= 0.3 is 0 Å². The van der Waals surface area contributed by atoms with E-state index in [0.29, 0.717) is 12.4 Å². The summed E-state index contributed by atoms with van der Waals surface area (Å²) in [5, 5.41) is 3.97. The fraction of sp³-hybridized carbons (Fsp3) is 0.429. The number of nitrogens with one attached hydrogen (secondary N) is 2. The first-order chi connectivity index (χ1) is 8.99. The molecule has 0 aliphatic heterocycles. The van der Waals surface area contributed by atoms with Gasteiger partial charge in [-0.05, 0) is 33.3 Å². The third-order valence-corrected chi connectivity index (χ3v) is 4.14. The summed E-state index contributed by atoms with van der Waals surface area (Å²) in [6.07, 6.45) is 2.11. The Morgan fingerprint density at radius 3 is 2.84 bits per heavy atom. The Kier molecular flexibility index (Phi) is 4.17. The van der Waals surface area contributed by atoms with Crippen LogP contribution in [0, 0.1) is 13.8 Å². The highest BCUT2D eigenvalue weighted by Crippen LogP contribution is 2.25. The number of rotatable bonds is 4. The number of hydrogen-bond donors (Lipinski definition) is 2. The topological polar surface area (TPSA) is 57.8 Å². The van der Waals surface area contributed by atoms with Crippen LogP contribution < -0.4 is 10.9 Å². The fourth-order valence-corrected chi connectivity index (χ4v) is 2.90. The summed E-state index contributed by atoms with van der Waals surface area (Å²) in [4.78, 5) is 21.4. The van der Waals surface area contributed by atoms with Crippen LogP contribution in [0.3, 0.4) is 0 Å². The predicted molar refractivity (Wildman–Crippen MR) is 80.9 cm³/mol. The van der Waals surface area contributed by atoms with Crippen LogP contribution in [-0.2, 0) is 6.54 Å². The van der Waals surface area contributed by atoms with Gasteiger partial charge in [0, 0.05) is 11.4 Å². The molecule has 2 rings (SSSR count). The molecule has 2 heterocycles. The van der Waals surface area contributed by atoms with Crippen LogP contribution >= 0.6 is 11.3 Å². The van der Waals surface area contributed by atoms with Crippen LogP contribution in [0.2, 0.25) is 0 Å². The second-order valence-corrected chi connectivity index (χ2v) is 6.09. The van der Waals surface area contributed by atoms with E-state index in [1.807, 2.05) is 13.8 Å². The molecular formula is C14H19N3OS. The quantitative estimate of drug-likeness (QED) is 0.667. The van der Waals surface area contributed by atoms with E-state index >= 15 is 0 Å². The monoisotopic (exact) mass is 277 g/mol. The minimum absolute atomic E-state index is 0.0362. The standard InChI is InChI=1S/C14H19N3OS/c1-8(2)5-6-15-7-11-16-13(18)12-9(3)10(4)19-14(12)17-11/h5,15H,6-7H2,1-4H3,(H,16,17,18). The summed E-state index contributed by atoms with van der Waals surface area (Å²) in [6, 6.07) is 0. The highest BCUT2D eigenvalue weighted by molar-refractivity contribution is 7.18. The van der Waals surface area contributed by atoms with Crippen molar-refractivity contribution in [1.29, 1.82) is 0 Å². The van der Waals surface area contributed by atoms with Gasteiger partial charge in [0.05, 0.1) is 11.9 Å². The molecule has 0 fully saturated rings. The van der Waals surface area contributed by atoms with Gasteiger partial charge in [0.1, 0.15) is 10.7 Å². The maximum atomic E-state index is 12.0. The molecule has 0 saturated heterocycles. The molecule has 0 amide bonds. The van der Waals surface area contributed by atoms with E-state index in [0.717, 1.165) is 27.2 Å². The summed E-state index contributed by atoms with van der Waals surface area (Å²) in [7, 11) is 0. The molecular weight excluding hydrogens is 258 g/mol. The van der Waals surface area contributed by atoms with E-state index in [4.69, 9.17) is 0 Å². The van der Waals surface area contributed by atoms with Crippen molar-refractivity contribution in [3.05, 3.63) is 38.3 Å². The Balaban J connectivity index is 2.22. The normalized spacial score (nSPS) is 10.9. The third-order valence-electron chi connectivity index (χ3n) is 3.04. The zero-order valence-electron chi connectivity index (χ0n) is 11.8. The van der Waals surface area contributed by atoms with Gasteiger partial charge in [-0.1, -0.05) is 11.6 Å². The Hall–Kier alpha value is -1.46. The first-order valence-electron chi connectivity index (χ1n) is 6.32. The van der Waals surface area contributed by atoms with E-state index in [-0.39, 0.29) is 5.56 Å². The lowest BCUT2D eigenvalue weighted by atomic mass is 10.2. The van der Waals surface area contributed by atoms with E-state index in [9.17, 15) is 4.79 Å². The molecule has 0 spiro atoms. The summed E-state index contributed by atoms with van der Waals surface area (Å²) in [5.74, 6) is 0.695. The predicted octanol–water partition coefficient (Wildman–Crippen LogP) is 2.66. The molecule has 0 aliphatic rings. The van der Waals surface area contributed by atoms with Gasteiger partial charge in [-0.2, -0.15) is 0 Å². The molecule has 2 aromatic heterocycles. The summed E-state index contributed by atoms with van der Waals surface area (Å²) in [5.41, 5.74) is 2.28. The maximum Gasteiger partial charge on any atom is 0.259 e. The first-order valence-corrected chi connectivity index (χ1v) is 7.13. The molecule has 4 nitrogen and oxygen atoms in total. The third kappa shape index (κ3) is 3.11. The summed E-state index contributed by atoms with van der Waals surface area (Å²) < 4.78 is 0. The van der Waals surface area contributed by atoms with Crippen molar-refractivity contribution >= 4 is 21.6 Å². The van der Waals surface area contributed by atoms with E-state index in [1.165, 1.54) is 5.57 Å². The zero-order valence-corrected chi connectivity index (χ0v) is 12.6. The molecule has 0 atom stereocenters. The van der Waals surface area contributed by atoms with Gasteiger partial charge in [-0.15, -0.1) is 11.3 Å². The molecule has 5 heteroatoms. The van der Waals surface area contributed by atoms with Gasteiger partial charge in [-0.3, -0.25) is 4.79 Å². The van der Waals surface area contributed by atoms with Crippen LogP contribution in [0.1, 0.15) is 30.1 Å². The van der Waals surface area contributed by atoms with Gasteiger partial charge < -0.3 is 10.3 Å². The molecule has 2 N–H and O–H groups in total. The minimum atomic E-state index is -0.0362. The van der Waals surface area contributed by atoms with Crippen LogP contribution in [0.15, 0.2) is 16.4 Å². The number of aryl methyl sites for hydroxylation is 2. The second kappa shape index (κ2) is 5.67. The fourth-order valence-electron chi connectivity index (χ4n) is 1.85. The largest absolute Gasteiger partial charge is 0.309 e. The Bertz CT molecular complexity index is 678. The number of thiophene rings is 1. The molecule has 2 aromatic rings. The van der Waals surface area contributed by atoms with E-state index < -0.39 is 0 Å². The lowest BCUT2D eigenvalue weighted by Crippen LogP contribution is -2.19. The van der Waals surface area contributed by atoms with Crippen LogP contribution in [0.4, 0.5) is 0 Å². The highest BCUT2D eigenvalue weighted by atomic mass is 32.1. The average Bonchev–Trinajstić information content (AvgIpc) is 2.61. The number of nitrogens with zero attached hydrogens (tertiary/aromatic N) is 1. The zero-order chi connectivity index (χ0) is 14.0. The number of aromatic nitrogens is 2. The van der Waals surface area contributed by atoms with Crippen molar-refractivity contribution in [2.75, 3.05) is 6.54 Å². The smallest absolute Gasteiger partial charge is 0.259 e. The number of allylic oxidation sites excluding steroid dienone is 1. The molecule has 0 unspecified atom stereocenters. The lowest BCUT2D eigenvalue weighted by molar-refractivity contribution is 0.715. The van der Waals surface area contributed by atoms with Crippen molar-refractivity contribution in [2.24, 2.45) is 0 Å². The van der Waals surface area contributed by atoms with Crippen molar-refractivity contribution in [2.45, 2.75) is 34.2 Å². The second-order valence-electron chi connectivity index (χ2n) is 4.89. The molecule has 19 heavy (non-hydrogen) atoms. The van der Waals surface area contributed by atoms with Crippen LogP contribution in [0.5, 0.6) is 0 Å². The first kappa shape index (κ1) is 14.0. The van der Waals surface area contributed by atoms with Gasteiger partial charge in [-0.25, -0.2) is 4.98 Å². The van der Waals surface area contributed by atoms with Crippen molar-refractivity contribution in [3.8, 4) is 0 Å². The number of fused-ring (bicyclic) bond motifs is 1. The Morgan fingerprint density at radius 2 is 2.16 bits per heavy atom. The highest BCUT2D eigenvalue weighted by Gasteiger charge is 2.11. The van der Waals surface area contributed by atoms with Gasteiger partial charge in [0.2, 0.25) is 0 Å². The van der Waals surface area contributed by atoms with E-state index in [2.05, 4.69) is 35.2 Å². The SMILES string of the molecule is CC(C)=CCNCc1nc2sc(C)c(C)c2c(=O)[nH]1. The number of aromatic amines is 1. The maximum absolute atomic E-state index is 12.0. The molecule has 0 radical (unpaired) electrons. The van der Waals surface area contributed by atoms with Gasteiger partial charge in [0.25, 0.3) is 5.56 Å². The van der Waals surface area contributed by atoms with Crippen molar-refractivity contribution < 1.29 is 0 Å². The van der Waals surface area contributed by atoms with Crippen LogP contribution in [-0.4, -0.2) is 16.5 Å².